The van der Waals surface area contributed by atoms with Gasteiger partial charge in [0.25, 0.3) is 0 Å². The normalized spacial score (nSPS) is 19.9. The predicted molar refractivity (Wildman–Crippen MR) is 68.9 cm³/mol. The molecule has 18 heavy (non-hydrogen) atoms. The highest BCUT2D eigenvalue weighted by atomic mass is 35.5. The fraction of sp³-hybridized carbons (Fsp3) is 0.462. The highest BCUT2D eigenvalue weighted by Crippen LogP contribution is 2.20. The average Bonchev–Trinajstić information content (AvgIpc) is 2.34. The molecule has 1 fully saturated rings. The number of piperidine rings is 1. The summed E-state index contributed by atoms with van der Waals surface area (Å²) in [5.41, 5.74) is 6.09. The maximum atomic E-state index is 13.6. The lowest BCUT2D eigenvalue weighted by Crippen LogP contribution is -2.46. The molecule has 5 heteroatoms. The molecule has 0 aromatic heterocycles. The average molecular weight is 271 g/mol. The van der Waals surface area contributed by atoms with Crippen LogP contribution in [0.1, 0.15) is 18.4 Å². The van der Waals surface area contributed by atoms with Gasteiger partial charge in [-0.25, -0.2) is 4.39 Å². The molecule has 1 aliphatic heterocycles. The number of hydrogen-bond acceptors (Lipinski definition) is 2. The zero-order valence-corrected chi connectivity index (χ0v) is 10.8. The summed E-state index contributed by atoms with van der Waals surface area (Å²) >= 11 is 5.91. The first-order chi connectivity index (χ1) is 8.58. The summed E-state index contributed by atoms with van der Waals surface area (Å²) < 4.78 is 13.6. The molecule has 0 aliphatic carbocycles. The summed E-state index contributed by atoms with van der Waals surface area (Å²) in [6.45, 7) is 1.24. The third-order valence-electron chi connectivity index (χ3n) is 3.20. The van der Waals surface area contributed by atoms with Crippen LogP contribution in [0.25, 0.3) is 0 Å². The number of nitrogens with zero attached hydrogens (tertiary/aromatic N) is 1. The molecule has 0 bridgehead atoms. The predicted octanol–water partition coefficient (Wildman–Crippen LogP) is 1.97. The van der Waals surface area contributed by atoms with Gasteiger partial charge in [-0.3, -0.25) is 4.79 Å². The minimum absolute atomic E-state index is 0.00176. The van der Waals surface area contributed by atoms with Crippen molar-refractivity contribution in [3.05, 3.63) is 34.6 Å². The number of carbonyl (C=O) groups is 1. The SMILES string of the molecule is N[C@H]1CCCN(C(=O)Cc2c(F)cccc2Cl)C1. The lowest BCUT2D eigenvalue weighted by Gasteiger charge is -2.31. The van der Waals surface area contributed by atoms with Crippen LogP contribution in [0.2, 0.25) is 5.02 Å². The Bertz CT molecular complexity index is 432. The smallest absolute Gasteiger partial charge is 0.227 e. The van der Waals surface area contributed by atoms with Crippen molar-refractivity contribution >= 4 is 17.5 Å². The van der Waals surface area contributed by atoms with E-state index in [4.69, 9.17) is 17.3 Å². The Morgan fingerprint density at radius 1 is 1.56 bits per heavy atom. The maximum absolute atomic E-state index is 13.6. The Balaban J connectivity index is 2.07. The van der Waals surface area contributed by atoms with Gasteiger partial charge in [-0.15, -0.1) is 0 Å². The number of likely N-dealkylation sites (tertiary alicyclic amines) is 1. The van der Waals surface area contributed by atoms with E-state index in [0.29, 0.717) is 18.1 Å². The van der Waals surface area contributed by atoms with Gasteiger partial charge >= 0.3 is 0 Å². The van der Waals surface area contributed by atoms with Crippen molar-refractivity contribution in [2.45, 2.75) is 25.3 Å². The molecule has 98 valence electrons. The van der Waals surface area contributed by atoms with Gasteiger partial charge in [-0.05, 0) is 25.0 Å². The van der Waals surface area contributed by atoms with Crippen molar-refractivity contribution < 1.29 is 9.18 Å². The van der Waals surface area contributed by atoms with Gasteiger partial charge in [0.2, 0.25) is 5.91 Å². The second-order valence-corrected chi connectivity index (χ2v) is 5.03. The summed E-state index contributed by atoms with van der Waals surface area (Å²) in [7, 11) is 0. The molecule has 1 amide bonds. The Morgan fingerprint density at radius 2 is 2.33 bits per heavy atom. The van der Waals surface area contributed by atoms with Gasteiger partial charge in [0.05, 0.1) is 6.42 Å². The van der Waals surface area contributed by atoms with Crippen LogP contribution < -0.4 is 5.73 Å². The van der Waals surface area contributed by atoms with Crippen molar-refractivity contribution in [1.29, 1.82) is 0 Å². The Labute approximate surface area is 111 Å². The first-order valence-corrected chi connectivity index (χ1v) is 6.42. The van der Waals surface area contributed by atoms with E-state index in [1.165, 1.54) is 12.1 Å². The summed E-state index contributed by atoms with van der Waals surface area (Å²) in [5.74, 6) is -0.547. The number of hydrogen-bond donors (Lipinski definition) is 1. The number of nitrogens with two attached hydrogens (primary N) is 1. The van der Waals surface area contributed by atoms with Gasteiger partial charge in [0.1, 0.15) is 5.82 Å². The van der Waals surface area contributed by atoms with Crippen LogP contribution in [-0.2, 0) is 11.2 Å². The van der Waals surface area contributed by atoms with E-state index in [2.05, 4.69) is 0 Å². The lowest BCUT2D eigenvalue weighted by atomic mass is 10.0. The fourth-order valence-corrected chi connectivity index (χ4v) is 2.43. The van der Waals surface area contributed by atoms with Crippen molar-refractivity contribution in [2.24, 2.45) is 5.73 Å². The molecule has 2 N–H and O–H groups in total. The molecular weight excluding hydrogens is 255 g/mol. The van der Waals surface area contributed by atoms with E-state index in [1.807, 2.05) is 0 Å². The number of amides is 1. The summed E-state index contributed by atoms with van der Waals surface area (Å²) in [6, 6.07) is 4.47. The van der Waals surface area contributed by atoms with Crippen LogP contribution in [0.4, 0.5) is 4.39 Å². The summed E-state index contributed by atoms with van der Waals surface area (Å²) in [4.78, 5) is 13.8. The van der Waals surface area contributed by atoms with Crippen LogP contribution in [0, 0.1) is 5.82 Å². The first-order valence-electron chi connectivity index (χ1n) is 6.04. The van der Waals surface area contributed by atoms with Crippen LogP contribution in [0.3, 0.4) is 0 Å². The molecule has 0 saturated carbocycles. The van der Waals surface area contributed by atoms with E-state index >= 15 is 0 Å². The van der Waals surface area contributed by atoms with Crippen LogP contribution in [-0.4, -0.2) is 29.9 Å². The molecule has 1 aromatic rings. The quantitative estimate of drug-likeness (QED) is 0.893. The second kappa shape index (κ2) is 5.67. The van der Waals surface area contributed by atoms with E-state index in [1.54, 1.807) is 11.0 Å². The maximum Gasteiger partial charge on any atom is 0.227 e. The zero-order chi connectivity index (χ0) is 13.1. The molecule has 3 nitrogen and oxygen atoms in total. The van der Waals surface area contributed by atoms with E-state index < -0.39 is 5.82 Å². The fourth-order valence-electron chi connectivity index (χ4n) is 2.20. The Morgan fingerprint density at radius 3 is 3.00 bits per heavy atom. The van der Waals surface area contributed by atoms with Gasteiger partial charge in [0, 0.05) is 29.7 Å². The molecule has 0 radical (unpaired) electrons. The number of carbonyl (C=O) groups excluding carboxylic acids is 1. The molecule has 1 aromatic carbocycles. The molecule has 2 rings (SSSR count). The minimum Gasteiger partial charge on any atom is -0.341 e. The largest absolute Gasteiger partial charge is 0.341 e. The van der Waals surface area contributed by atoms with Gasteiger partial charge in [-0.2, -0.15) is 0 Å². The van der Waals surface area contributed by atoms with Crippen LogP contribution >= 0.6 is 11.6 Å². The van der Waals surface area contributed by atoms with Gasteiger partial charge < -0.3 is 10.6 Å². The van der Waals surface area contributed by atoms with Crippen molar-refractivity contribution in [1.82, 2.24) is 4.90 Å². The van der Waals surface area contributed by atoms with Crippen LogP contribution in [0.15, 0.2) is 18.2 Å². The zero-order valence-electron chi connectivity index (χ0n) is 10.0. The lowest BCUT2D eigenvalue weighted by molar-refractivity contribution is -0.131. The molecule has 1 atom stereocenters. The van der Waals surface area contributed by atoms with Gasteiger partial charge in [0.15, 0.2) is 0 Å². The molecule has 1 aliphatic rings. The van der Waals surface area contributed by atoms with E-state index in [0.717, 1.165) is 12.8 Å². The monoisotopic (exact) mass is 270 g/mol. The molecule has 1 saturated heterocycles. The van der Waals surface area contributed by atoms with Crippen LogP contribution in [0.5, 0.6) is 0 Å². The Kier molecular flexibility index (Phi) is 4.19. The first kappa shape index (κ1) is 13.3. The van der Waals surface area contributed by atoms with Gasteiger partial charge in [-0.1, -0.05) is 17.7 Å². The number of benzene rings is 1. The highest BCUT2D eigenvalue weighted by molar-refractivity contribution is 6.31. The number of halogens is 2. The highest BCUT2D eigenvalue weighted by Gasteiger charge is 2.22. The molecule has 0 spiro atoms. The van der Waals surface area contributed by atoms with Crippen molar-refractivity contribution in [3.63, 3.8) is 0 Å². The van der Waals surface area contributed by atoms with E-state index in [-0.39, 0.29) is 23.9 Å². The van der Waals surface area contributed by atoms with E-state index in [9.17, 15) is 9.18 Å². The number of rotatable bonds is 2. The second-order valence-electron chi connectivity index (χ2n) is 4.62. The minimum atomic E-state index is -0.433. The third kappa shape index (κ3) is 3.00. The summed E-state index contributed by atoms with van der Waals surface area (Å²) in [6.07, 6.45) is 1.83. The van der Waals surface area contributed by atoms with Crippen molar-refractivity contribution in [3.8, 4) is 0 Å². The molecule has 1 heterocycles. The third-order valence-corrected chi connectivity index (χ3v) is 3.55. The topological polar surface area (TPSA) is 46.3 Å². The molecule has 0 unspecified atom stereocenters. The van der Waals surface area contributed by atoms with Crippen molar-refractivity contribution in [2.75, 3.05) is 13.1 Å². The standard InChI is InChI=1S/C13H16ClFN2O/c14-11-4-1-5-12(15)10(11)7-13(18)17-6-2-3-9(16)8-17/h1,4-5,9H,2-3,6-8,16H2/t9-/m0/s1. The molecular formula is C13H16ClFN2O. The Hall–Kier alpha value is -1.13. The summed E-state index contributed by atoms with van der Waals surface area (Å²) in [5, 5.41) is 0.296.